The van der Waals surface area contributed by atoms with Gasteiger partial charge in [-0.15, -0.1) is 0 Å². The standard InChI is InChI=1S/C20H26O8/c1-2-4-13(5-3-1)12-25-16-18-14-17-15(19(16)28-20(26-17)27-18)24-11-9-22-7-6-21-8-10-23-14/h1-5,14-20H,6-12H2/t14-,15+,16?,17?,18+,19-,20?. The molecular weight excluding hydrogens is 368 g/mol. The van der Waals surface area contributed by atoms with Crippen molar-refractivity contribution in [1.82, 2.24) is 0 Å². The zero-order chi connectivity index (χ0) is 18.8. The fourth-order valence-corrected chi connectivity index (χ4v) is 4.21. The first-order valence-electron chi connectivity index (χ1n) is 9.91. The monoisotopic (exact) mass is 394 g/mol. The summed E-state index contributed by atoms with van der Waals surface area (Å²) in [6.45, 7) is 2.71. The van der Waals surface area contributed by atoms with Crippen LogP contribution in [0.5, 0.6) is 0 Å². The summed E-state index contributed by atoms with van der Waals surface area (Å²) >= 11 is 0. The molecule has 1 aromatic rings. The average Bonchev–Trinajstić information content (AvgIpc) is 2.74. The minimum absolute atomic E-state index is 0.264. The first kappa shape index (κ1) is 18.9. The van der Waals surface area contributed by atoms with Crippen molar-refractivity contribution in [2.45, 2.75) is 49.7 Å². The minimum Gasteiger partial charge on any atom is -0.377 e. The molecule has 6 rings (SSSR count). The Morgan fingerprint density at radius 2 is 1.25 bits per heavy atom. The largest absolute Gasteiger partial charge is 0.377 e. The Morgan fingerprint density at radius 1 is 0.679 bits per heavy atom. The van der Waals surface area contributed by atoms with E-state index in [0.29, 0.717) is 46.2 Å². The summed E-state index contributed by atoms with van der Waals surface area (Å²) in [7, 11) is 0. The van der Waals surface area contributed by atoms with E-state index in [1.165, 1.54) is 0 Å². The zero-order valence-electron chi connectivity index (χ0n) is 15.6. The van der Waals surface area contributed by atoms with Crippen molar-refractivity contribution >= 4 is 0 Å². The molecule has 0 aromatic heterocycles. The Bertz CT molecular complexity index is 598. The average molecular weight is 394 g/mol. The molecule has 5 aliphatic rings. The van der Waals surface area contributed by atoms with Gasteiger partial charge in [-0.25, -0.2) is 0 Å². The van der Waals surface area contributed by atoms with Crippen LogP contribution < -0.4 is 0 Å². The van der Waals surface area contributed by atoms with Gasteiger partial charge in [-0.2, -0.15) is 0 Å². The van der Waals surface area contributed by atoms with Crippen LogP contribution in [0.2, 0.25) is 0 Å². The second-order valence-electron chi connectivity index (χ2n) is 7.25. The highest BCUT2D eigenvalue weighted by Gasteiger charge is 2.63. The van der Waals surface area contributed by atoms with Crippen LogP contribution in [0.3, 0.4) is 0 Å². The van der Waals surface area contributed by atoms with Gasteiger partial charge < -0.3 is 37.9 Å². The molecule has 4 saturated heterocycles. The molecule has 0 amide bonds. The summed E-state index contributed by atoms with van der Waals surface area (Å²) in [4.78, 5) is 0. The second kappa shape index (κ2) is 8.73. The third kappa shape index (κ3) is 3.83. The number of benzene rings is 1. The zero-order valence-corrected chi connectivity index (χ0v) is 15.6. The first-order valence-corrected chi connectivity index (χ1v) is 9.91. The quantitative estimate of drug-likeness (QED) is 0.748. The van der Waals surface area contributed by atoms with E-state index in [1.54, 1.807) is 0 Å². The third-order valence-corrected chi connectivity index (χ3v) is 5.48. The predicted molar refractivity (Wildman–Crippen MR) is 94.5 cm³/mol. The highest BCUT2D eigenvalue weighted by atomic mass is 16.9. The van der Waals surface area contributed by atoms with E-state index >= 15 is 0 Å². The summed E-state index contributed by atoms with van der Waals surface area (Å²) in [5.74, 6) is 0. The van der Waals surface area contributed by atoms with E-state index in [-0.39, 0.29) is 36.6 Å². The highest BCUT2D eigenvalue weighted by Crippen LogP contribution is 2.43. The summed E-state index contributed by atoms with van der Waals surface area (Å²) in [5.41, 5.74) is 1.09. The molecule has 28 heavy (non-hydrogen) atoms. The van der Waals surface area contributed by atoms with Crippen LogP contribution in [-0.2, 0) is 44.5 Å². The van der Waals surface area contributed by atoms with Crippen LogP contribution in [0.4, 0.5) is 0 Å². The van der Waals surface area contributed by atoms with Crippen molar-refractivity contribution in [3.8, 4) is 0 Å². The van der Waals surface area contributed by atoms with E-state index in [0.717, 1.165) is 5.56 Å². The van der Waals surface area contributed by atoms with Gasteiger partial charge in [0, 0.05) is 0 Å². The van der Waals surface area contributed by atoms with Crippen LogP contribution in [0.15, 0.2) is 30.3 Å². The molecule has 5 fully saturated rings. The lowest BCUT2D eigenvalue weighted by molar-refractivity contribution is -0.489. The predicted octanol–water partition coefficient (Wildman–Crippen LogP) is 0.869. The minimum atomic E-state index is -0.695. The molecule has 8 heteroatoms. The SMILES string of the molecule is c1ccc(COC2[C@H]3OC4OC5[C@H]3OCCOCCOCCO[C@@H]5[C@H]2O4)cc1. The molecule has 1 saturated carbocycles. The van der Waals surface area contributed by atoms with Crippen LogP contribution in [0.1, 0.15) is 5.56 Å². The molecule has 8 nitrogen and oxygen atoms in total. The third-order valence-electron chi connectivity index (χ3n) is 5.48. The van der Waals surface area contributed by atoms with Crippen molar-refractivity contribution in [3.05, 3.63) is 35.9 Å². The topological polar surface area (TPSA) is 73.8 Å². The van der Waals surface area contributed by atoms with E-state index < -0.39 is 6.48 Å². The van der Waals surface area contributed by atoms with E-state index in [9.17, 15) is 0 Å². The van der Waals surface area contributed by atoms with Crippen molar-refractivity contribution in [3.63, 3.8) is 0 Å². The number of hydrogen-bond acceptors (Lipinski definition) is 8. The lowest BCUT2D eigenvalue weighted by Gasteiger charge is -2.58. The maximum atomic E-state index is 6.26. The summed E-state index contributed by atoms with van der Waals surface area (Å²) < 4.78 is 47.4. The Morgan fingerprint density at radius 3 is 1.89 bits per heavy atom. The second-order valence-corrected chi connectivity index (χ2v) is 7.25. The van der Waals surface area contributed by atoms with Gasteiger partial charge in [-0.05, 0) is 5.56 Å². The molecule has 6 bridgehead atoms. The van der Waals surface area contributed by atoms with Gasteiger partial charge in [-0.3, -0.25) is 0 Å². The molecule has 3 unspecified atom stereocenters. The molecule has 1 aromatic carbocycles. The molecule has 0 N–H and O–H groups in total. The van der Waals surface area contributed by atoms with E-state index in [2.05, 4.69) is 0 Å². The van der Waals surface area contributed by atoms with Gasteiger partial charge in [-0.1, -0.05) is 30.3 Å². The number of ether oxygens (including phenoxy) is 8. The highest BCUT2D eigenvalue weighted by molar-refractivity contribution is 5.14. The molecule has 4 heterocycles. The maximum absolute atomic E-state index is 6.26. The van der Waals surface area contributed by atoms with Gasteiger partial charge in [0.25, 0.3) is 6.48 Å². The summed E-state index contributed by atoms with van der Waals surface area (Å²) in [6, 6.07) is 10.0. The maximum Gasteiger partial charge on any atom is 0.272 e. The molecular formula is C20H26O8. The molecule has 0 radical (unpaired) electrons. The lowest BCUT2D eigenvalue weighted by Crippen LogP contribution is -2.76. The Hall–Kier alpha value is -1.10. The normalized spacial score (nSPS) is 41.1. The Kier molecular flexibility index (Phi) is 5.89. The van der Waals surface area contributed by atoms with Crippen molar-refractivity contribution in [2.24, 2.45) is 0 Å². The Balaban J connectivity index is 1.34. The fraction of sp³-hybridized carbons (Fsp3) is 0.700. The van der Waals surface area contributed by atoms with Gasteiger partial charge in [0.1, 0.15) is 36.6 Å². The van der Waals surface area contributed by atoms with Crippen LogP contribution >= 0.6 is 0 Å². The smallest absolute Gasteiger partial charge is 0.272 e. The molecule has 1 aliphatic carbocycles. The van der Waals surface area contributed by atoms with E-state index in [1.807, 2.05) is 30.3 Å². The van der Waals surface area contributed by atoms with Gasteiger partial charge >= 0.3 is 0 Å². The fourth-order valence-electron chi connectivity index (χ4n) is 4.21. The van der Waals surface area contributed by atoms with Crippen LogP contribution in [0, 0.1) is 0 Å². The molecule has 154 valence electrons. The van der Waals surface area contributed by atoms with Crippen molar-refractivity contribution in [1.29, 1.82) is 0 Å². The Labute approximate surface area is 163 Å². The van der Waals surface area contributed by atoms with Gasteiger partial charge in [0.05, 0.1) is 46.2 Å². The molecule has 0 spiro atoms. The lowest BCUT2D eigenvalue weighted by atomic mass is 9.82. The van der Waals surface area contributed by atoms with E-state index in [4.69, 9.17) is 37.9 Å². The first-order chi connectivity index (χ1) is 13.9. The molecule has 4 aliphatic heterocycles. The summed E-state index contributed by atoms with van der Waals surface area (Å²) in [6.07, 6.45) is -1.71. The molecule has 7 atom stereocenters. The van der Waals surface area contributed by atoms with Crippen molar-refractivity contribution in [2.75, 3.05) is 39.6 Å². The van der Waals surface area contributed by atoms with Crippen LogP contribution in [0.25, 0.3) is 0 Å². The number of hydrogen-bond donors (Lipinski definition) is 0. The van der Waals surface area contributed by atoms with Crippen molar-refractivity contribution < 1.29 is 37.9 Å². The van der Waals surface area contributed by atoms with Gasteiger partial charge in [0.15, 0.2) is 0 Å². The number of rotatable bonds is 3. The van der Waals surface area contributed by atoms with Gasteiger partial charge in [0.2, 0.25) is 0 Å². The summed E-state index contributed by atoms with van der Waals surface area (Å²) in [5, 5.41) is 0. The van der Waals surface area contributed by atoms with Crippen LogP contribution in [-0.4, -0.2) is 82.7 Å².